The summed E-state index contributed by atoms with van der Waals surface area (Å²) in [5.74, 6) is 0.421. The topological polar surface area (TPSA) is 61.4 Å². The summed E-state index contributed by atoms with van der Waals surface area (Å²) in [6, 6.07) is 7.02. The van der Waals surface area contributed by atoms with Crippen LogP contribution in [0.25, 0.3) is 0 Å². The van der Waals surface area contributed by atoms with Gasteiger partial charge in [0.2, 0.25) is 5.95 Å². The highest BCUT2D eigenvalue weighted by Crippen LogP contribution is 2.16. The lowest BCUT2D eigenvalue weighted by molar-refractivity contribution is 0.102. The SMILES string of the molecule is CCN1CCN(c2ncc(C(=O)Nc3cccc(Cl)c3)cn2)CC1. The van der Waals surface area contributed by atoms with Crippen LogP contribution >= 0.6 is 11.6 Å². The first-order chi connectivity index (χ1) is 11.7. The van der Waals surface area contributed by atoms with Crippen LogP contribution in [0.2, 0.25) is 5.02 Å². The number of rotatable bonds is 4. The van der Waals surface area contributed by atoms with Crippen LogP contribution in [0.5, 0.6) is 0 Å². The van der Waals surface area contributed by atoms with E-state index in [1.807, 2.05) is 0 Å². The number of anilines is 2. The maximum atomic E-state index is 12.2. The van der Waals surface area contributed by atoms with Gasteiger partial charge in [-0.05, 0) is 24.7 Å². The van der Waals surface area contributed by atoms with Crippen molar-refractivity contribution >= 4 is 29.1 Å². The van der Waals surface area contributed by atoms with E-state index in [0.717, 1.165) is 32.7 Å². The fraction of sp³-hybridized carbons (Fsp3) is 0.353. The Morgan fingerprint density at radius 3 is 2.54 bits per heavy atom. The fourth-order valence-electron chi connectivity index (χ4n) is 2.64. The van der Waals surface area contributed by atoms with Gasteiger partial charge in [0.15, 0.2) is 0 Å². The number of nitrogens with one attached hydrogen (secondary N) is 1. The zero-order valence-corrected chi connectivity index (χ0v) is 14.3. The van der Waals surface area contributed by atoms with E-state index in [-0.39, 0.29) is 5.91 Å². The van der Waals surface area contributed by atoms with Gasteiger partial charge in [0.05, 0.1) is 5.56 Å². The molecule has 1 aliphatic rings. The summed E-state index contributed by atoms with van der Waals surface area (Å²) in [6.07, 6.45) is 3.13. The molecule has 2 aromatic rings. The number of nitrogens with zero attached hydrogens (tertiary/aromatic N) is 4. The molecule has 7 heteroatoms. The second kappa shape index (κ2) is 7.59. The Hall–Kier alpha value is -2.18. The Kier molecular flexibility index (Phi) is 5.27. The molecule has 1 aromatic carbocycles. The van der Waals surface area contributed by atoms with E-state index in [0.29, 0.717) is 22.2 Å². The van der Waals surface area contributed by atoms with Gasteiger partial charge in [-0.2, -0.15) is 0 Å². The lowest BCUT2D eigenvalue weighted by Crippen LogP contribution is -2.46. The number of benzene rings is 1. The summed E-state index contributed by atoms with van der Waals surface area (Å²) in [7, 11) is 0. The van der Waals surface area contributed by atoms with Gasteiger partial charge >= 0.3 is 0 Å². The van der Waals surface area contributed by atoms with Gasteiger partial charge in [-0.25, -0.2) is 9.97 Å². The molecule has 1 amide bonds. The predicted octanol–water partition coefficient (Wildman–Crippen LogP) is 2.52. The number of aromatic nitrogens is 2. The predicted molar refractivity (Wildman–Crippen MR) is 95.8 cm³/mol. The molecule has 1 N–H and O–H groups in total. The van der Waals surface area contributed by atoms with Gasteiger partial charge in [0.25, 0.3) is 5.91 Å². The first-order valence-corrected chi connectivity index (χ1v) is 8.40. The second-order valence-electron chi connectivity index (χ2n) is 5.66. The maximum absolute atomic E-state index is 12.2. The summed E-state index contributed by atoms with van der Waals surface area (Å²) in [6.45, 7) is 7.06. The normalized spacial score (nSPS) is 15.3. The molecule has 6 nitrogen and oxygen atoms in total. The zero-order valence-electron chi connectivity index (χ0n) is 13.6. The monoisotopic (exact) mass is 345 g/mol. The molecule has 0 saturated carbocycles. The lowest BCUT2D eigenvalue weighted by atomic mass is 10.2. The molecule has 1 aromatic heterocycles. The van der Waals surface area contributed by atoms with Crippen molar-refractivity contribution in [2.24, 2.45) is 0 Å². The Morgan fingerprint density at radius 1 is 1.21 bits per heavy atom. The van der Waals surface area contributed by atoms with Crippen LogP contribution in [0.3, 0.4) is 0 Å². The number of likely N-dealkylation sites (N-methyl/N-ethyl adjacent to an activating group) is 1. The van der Waals surface area contributed by atoms with Crippen molar-refractivity contribution in [2.45, 2.75) is 6.92 Å². The average molecular weight is 346 g/mol. The number of amides is 1. The second-order valence-corrected chi connectivity index (χ2v) is 6.09. The number of carbonyl (C=O) groups excluding carboxylic acids is 1. The van der Waals surface area contributed by atoms with Gasteiger partial charge < -0.3 is 15.1 Å². The van der Waals surface area contributed by atoms with Crippen LogP contribution in [-0.4, -0.2) is 53.5 Å². The molecule has 126 valence electrons. The summed E-state index contributed by atoms with van der Waals surface area (Å²) in [4.78, 5) is 25.5. The Balaban J connectivity index is 1.63. The largest absolute Gasteiger partial charge is 0.338 e. The van der Waals surface area contributed by atoms with Gasteiger partial charge in [-0.3, -0.25) is 4.79 Å². The minimum atomic E-state index is -0.250. The van der Waals surface area contributed by atoms with Crippen LogP contribution < -0.4 is 10.2 Å². The van der Waals surface area contributed by atoms with E-state index < -0.39 is 0 Å². The molecule has 0 radical (unpaired) electrons. The summed E-state index contributed by atoms with van der Waals surface area (Å²) < 4.78 is 0. The third-order valence-corrected chi connectivity index (χ3v) is 4.32. The number of hydrogen-bond acceptors (Lipinski definition) is 5. The molecule has 24 heavy (non-hydrogen) atoms. The molecule has 0 atom stereocenters. The van der Waals surface area contributed by atoms with Crippen LogP contribution in [0.4, 0.5) is 11.6 Å². The number of carbonyl (C=O) groups is 1. The van der Waals surface area contributed by atoms with E-state index in [4.69, 9.17) is 11.6 Å². The van der Waals surface area contributed by atoms with E-state index in [2.05, 4.69) is 32.0 Å². The molecular weight excluding hydrogens is 326 g/mol. The van der Waals surface area contributed by atoms with Crippen LogP contribution in [0.1, 0.15) is 17.3 Å². The van der Waals surface area contributed by atoms with E-state index in [9.17, 15) is 4.79 Å². The Labute approximate surface area is 146 Å². The molecule has 0 spiro atoms. The van der Waals surface area contributed by atoms with Crippen molar-refractivity contribution in [1.82, 2.24) is 14.9 Å². The summed E-state index contributed by atoms with van der Waals surface area (Å²) in [5, 5.41) is 3.36. The molecule has 0 bridgehead atoms. The molecular formula is C17H20ClN5O. The molecule has 1 aliphatic heterocycles. The van der Waals surface area contributed by atoms with E-state index >= 15 is 0 Å². The molecule has 2 heterocycles. The first kappa shape index (κ1) is 16.7. The minimum absolute atomic E-state index is 0.250. The zero-order chi connectivity index (χ0) is 16.9. The van der Waals surface area contributed by atoms with Gasteiger partial charge in [0, 0.05) is 49.3 Å². The van der Waals surface area contributed by atoms with Crippen LogP contribution in [-0.2, 0) is 0 Å². The van der Waals surface area contributed by atoms with Crippen LogP contribution in [0, 0.1) is 0 Å². The molecule has 1 saturated heterocycles. The van der Waals surface area contributed by atoms with Crippen molar-refractivity contribution in [3.8, 4) is 0 Å². The highest BCUT2D eigenvalue weighted by molar-refractivity contribution is 6.30. The van der Waals surface area contributed by atoms with E-state index in [1.165, 1.54) is 0 Å². The number of hydrogen-bond donors (Lipinski definition) is 1. The third-order valence-electron chi connectivity index (χ3n) is 4.09. The molecule has 3 rings (SSSR count). The summed E-state index contributed by atoms with van der Waals surface area (Å²) in [5.41, 5.74) is 1.07. The van der Waals surface area contributed by atoms with Crippen molar-refractivity contribution < 1.29 is 4.79 Å². The van der Waals surface area contributed by atoms with Gasteiger partial charge in [-0.15, -0.1) is 0 Å². The van der Waals surface area contributed by atoms with E-state index in [1.54, 1.807) is 36.7 Å². The lowest BCUT2D eigenvalue weighted by Gasteiger charge is -2.33. The Morgan fingerprint density at radius 2 is 1.92 bits per heavy atom. The number of piperazine rings is 1. The first-order valence-electron chi connectivity index (χ1n) is 8.02. The standard InChI is InChI=1S/C17H20ClN5O/c1-2-22-6-8-23(9-7-22)17-19-11-13(12-20-17)16(24)21-15-5-3-4-14(18)10-15/h3-5,10-12H,2,6-9H2,1H3,(H,21,24). The smallest absolute Gasteiger partial charge is 0.258 e. The average Bonchev–Trinajstić information content (AvgIpc) is 2.62. The third kappa shape index (κ3) is 4.01. The van der Waals surface area contributed by atoms with Crippen molar-refractivity contribution in [2.75, 3.05) is 42.9 Å². The van der Waals surface area contributed by atoms with Crippen molar-refractivity contribution in [3.05, 3.63) is 47.2 Å². The highest BCUT2D eigenvalue weighted by Gasteiger charge is 2.18. The maximum Gasteiger partial charge on any atom is 0.258 e. The van der Waals surface area contributed by atoms with Gasteiger partial charge in [-0.1, -0.05) is 24.6 Å². The summed E-state index contributed by atoms with van der Waals surface area (Å²) >= 11 is 5.92. The number of halogens is 1. The highest BCUT2D eigenvalue weighted by atomic mass is 35.5. The minimum Gasteiger partial charge on any atom is -0.338 e. The van der Waals surface area contributed by atoms with Crippen LogP contribution in [0.15, 0.2) is 36.7 Å². The van der Waals surface area contributed by atoms with Gasteiger partial charge in [0.1, 0.15) is 0 Å². The molecule has 0 unspecified atom stereocenters. The fourth-order valence-corrected chi connectivity index (χ4v) is 2.83. The van der Waals surface area contributed by atoms with Crippen molar-refractivity contribution in [1.29, 1.82) is 0 Å². The quantitative estimate of drug-likeness (QED) is 0.922. The molecule has 0 aliphatic carbocycles. The Bertz CT molecular complexity index is 698. The molecule has 1 fully saturated rings. The van der Waals surface area contributed by atoms with Crippen molar-refractivity contribution in [3.63, 3.8) is 0 Å².